The highest BCUT2D eigenvalue weighted by atomic mass is 19.1. The van der Waals surface area contributed by atoms with Gasteiger partial charge in [0.1, 0.15) is 17.3 Å². The number of hydrogen-bond donors (Lipinski definition) is 2. The third-order valence-electron chi connectivity index (χ3n) is 5.71. The summed E-state index contributed by atoms with van der Waals surface area (Å²) >= 11 is 0. The van der Waals surface area contributed by atoms with Crippen LogP contribution in [0.3, 0.4) is 0 Å². The van der Waals surface area contributed by atoms with E-state index >= 15 is 0 Å². The maximum atomic E-state index is 13.6. The van der Waals surface area contributed by atoms with Crippen LogP contribution in [0.2, 0.25) is 0 Å². The summed E-state index contributed by atoms with van der Waals surface area (Å²) in [4.78, 5) is 17.6. The van der Waals surface area contributed by atoms with Crippen LogP contribution >= 0.6 is 0 Å². The molecule has 3 heterocycles. The van der Waals surface area contributed by atoms with Gasteiger partial charge in [-0.25, -0.2) is 14.2 Å². The van der Waals surface area contributed by atoms with E-state index in [1.807, 2.05) is 28.9 Å². The zero-order chi connectivity index (χ0) is 22.8. The molecule has 0 fully saturated rings. The van der Waals surface area contributed by atoms with Crippen molar-refractivity contribution in [1.82, 2.24) is 19.7 Å². The van der Waals surface area contributed by atoms with Gasteiger partial charge in [-0.05, 0) is 47.5 Å². The summed E-state index contributed by atoms with van der Waals surface area (Å²) < 4.78 is 15.6. The van der Waals surface area contributed by atoms with Crippen molar-refractivity contribution in [3.05, 3.63) is 90.0 Å². The summed E-state index contributed by atoms with van der Waals surface area (Å²) in [5.41, 5.74) is 5.50. The Hall–Kier alpha value is -4.04. The molecule has 0 radical (unpaired) electrons. The molecule has 0 saturated heterocycles. The lowest BCUT2D eigenvalue weighted by molar-refractivity contribution is 0.206. The van der Waals surface area contributed by atoms with Crippen molar-refractivity contribution in [3.8, 4) is 22.4 Å². The first kappa shape index (κ1) is 20.8. The smallest absolute Gasteiger partial charge is 0.410 e. The van der Waals surface area contributed by atoms with Gasteiger partial charge in [-0.3, -0.25) is 14.9 Å². The molecule has 0 unspecified atom stereocenters. The summed E-state index contributed by atoms with van der Waals surface area (Å²) in [7, 11) is 0. The number of fused-ring (bicyclic) bond motifs is 1. The second kappa shape index (κ2) is 8.84. The predicted octanol–water partition coefficient (Wildman–Crippen LogP) is 4.86. The van der Waals surface area contributed by atoms with E-state index in [2.05, 4.69) is 27.3 Å². The highest BCUT2D eigenvalue weighted by molar-refractivity contribution is 5.86. The molecule has 2 aromatic heterocycles. The number of amides is 1. The molecule has 5 rings (SSSR count). The Morgan fingerprint density at radius 1 is 1.03 bits per heavy atom. The number of pyridine rings is 1. The zero-order valence-corrected chi connectivity index (χ0v) is 17.8. The Morgan fingerprint density at radius 2 is 1.82 bits per heavy atom. The Morgan fingerprint density at radius 3 is 2.58 bits per heavy atom. The summed E-state index contributed by atoms with van der Waals surface area (Å²) in [6.07, 6.45) is 0.397. The second-order valence-electron chi connectivity index (χ2n) is 7.96. The molecule has 0 bridgehead atoms. The summed E-state index contributed by atoms with van der Waals surface area (Å²) in [6, 6.07) is 20.1. The number of halogens is 1. The van der Waals surface area contributed by atoms with E-state index in [0.717, 1.165) is 47.7 Å². The van der Waals surface area contributed by atoms with Gasteiger partial charge in [-0.2, -0.15) is 5.10 Å². The van der Waals surface area contributed by atoms with Crippen LogP contribution in [0.25, 0.3) is 22.4 Å². The number of benzene rings is 2. The molecule has 1 aliphatic heterocycles. The van der Waals surface area contributed by atoms with Gasteiger partial charge in [0.05, 0.1) is 12.2 Å². The van der Waals surface area contributed by atoms with Crippen LogP contribution in [0.5, 0.6) is 0 Å². The molecule has 33 heavy (non-hydrogen) atoms. The molecule has 7 nitrogen and oxygen atoms in total. The highest BCUT2D eigenvalue weighted by Crippen LogP contribution is 2.37. The molecular formula is C25H22FN5O2. The lowest BCUT2D eigenvalue weighted by Crippen LogP contribution is -2.33. The SMILES string of the molecule is O=C(O)Nc1cc(-c2c(-c3ccc(F)cc3)nn3c2CN(Cc2ccccc2)CC3)ccn1. The van der Waals surface area contributed by atoms with E-state index in [9.17, 15) is 9.18 Å². The monoisotopic (exact) mass is 443 g/mol. The first-order chi connectivity index (χ1) is 16.1. The Bertz CT molecular complexity index is 1290. The van der Waals surface area contributed by atoms with Gasteiger partial charge < -0.3 is 5.11 Å². The van der Waals surface area contributed by atoms with Gasteiger partial charge in [-0.15, -0.1) is 0 Å². The van der Waals surface area contributed by atoms with E-state index in [0.29, 0.717) is 6.54 Å². The minimum atomic E-state index is -1.18. The normalized spacial score (nSPS) is 13.5. The number of rotatable bonds is 5. The molecular weight excluding hydrogens is 421 g/mol. The van der Waals surface area contributed by atoms with E-state index in [4.69, 9.17) is 10.2 Å². The Kier molecular flexibility index (Phi) is 5.58. The maximum Gasteiger partial charge on any atom is 0.410 e. The number of nitrogens with zero attached hydrogens (tertiary/aromatic N) is 4. The highest BCUT2D eigenvalue weighted by Gasteiger charge is 2.26. The lowest BCUT2D eigenvalue weighted by Gasteiger charge is -2.28. The van der Waals surface area contributed by atoms with Gasteiger partial charge in [0.15, 0.2) is 0 Å². The van der Waals surface area contributed by atoms with E-state index in [1.54, 1.807) is 24.4 Å². The van der Waals surface area contributed by atoms with Crippen molar-refractivity contribution >= 4 is 11.9 Å². The molecule has 1 aliphatic rings. The molecule has 0 saturated carbocycles. The average Bonchev–Trinajstić information content (AvgIpc) is 3.19. The van der Waals surface area contributed by atoms with E-state index in [1.165, 1.54) is 17.7 Å². The first-order valence-corrected chi connectivity index (χ1v) is 10.6. The number of nitrogens with one attached hydrogen (secondary N) is 1. The van der Waals surface area contributed by atoms with Gasteiger partial charge in [-0.1, -0.05) is 30.3 Å². The summed E-state index contributed by atoms with van der Waals surface area (Å²) in [6.45, 7) is 3.08. The van der Waals surface area contributed by atoms with E-state index in [-0.39, 0.29) is 11.6 Å². The molecule has 0 atom stereocenters. The standard InChI is InChI=1S/C25H22FN5O2/c26-20-8-6-18(7-9-20)24-23(19-10-11-27-22(14-19)28-25(32)33)21-16-30(12-13-31(21)29-24)15-17-4-2-1-3-5-17/h1-11,14H,12-13,15-16H2,(H,27,28)(H,32,33). The maximum absolute atomic E-state index is 13.6. The third kappa shape index (κ3) is 4.47. The van der Waals surface area contributed by atoms with Gasteiger partial charge in [0.2, 0.25) is 0 Å². The van der Waals surface area contributed by atoms with Crippen LogP contribution in [0, 0.1) is 5.82 Å². The minimum absolute atomic E-state index is 0.238. The third-order valence-corrected chi connectivity index (χ3v) is 5.71. The van der Waals surface area contributed by atoms with Crippen LogP contribution in [0.15, 0.2) is 72.9 Å². The molecule has 8 heteroatoms. The average molecular weight is 443 g/mol. The van der Waals surface area contributed by atoms with Crippen LogP contribution in [0.4, 0.5) is 15.0 Å². The van der Waals surface area contributed by atoms with Gasteiger partial charge in [0, 0.05) is 37.0 Å². The van der Waals surface area contributed by atoms with Gasteiger partial charge in [0.25, 0.3) is 0 Å². The van der Waals surface area contributed by atoms with Crippen molar-refractivity contribution in [2.45, 2.75) is 19.6 Å². The van der Waals surface area contributed by atoms with Crippen molar-refractivity contribution in [2.75, 3.05) is 11.9 Å². The second-order valence-corrected chi connectivity index (χ2v) is 7.96. The molecule has 4 aromatic rings. The summed E-state index contributed by atoms with van der Waals surface area (Å²) in [5.74, 6) is -0.0721. The minimum Gasteiger partial charge on any atom is -0.465 e. The first-order valence-electron chi connectivity index (χ1n) is 10.6. The fourth-order valence-corrected chi connectivity index (χ4v) is 4.22. The Labute approximate surface area is 190 Å². The fourth-order valence-electron chi connectivity index (χ4n) is 4.22. The topological polar surface area (TPSA) is 83.3 Å². The molecule has 0 spiro atoms. The molecule has 0 aliphatic carbocycles. The molecule has 2 aromatic carbocycles. The van der Waals surface area contributed by atoms with Crippen molar-refractivity contribution in [3.63, 3.8) is 0 Å². The van der Waals surface area contributed by atoms with Crippen LogP contribution < -0.4 is 5.32 Å². The molecule has 166 valence electrons. The zero-order valence-electron chi connectivity index (χ0n) is 17.8. The van der Waals surface area contributed by atoms with Crippen LogP contribution in [0.1, 0.15) is 11.3 Å². The number of carboxylic acid groups (broad SMARTS) is 1. The van der Waals surface area contributed by atoms with Crippen LogP contribution in [-0.2, 0) is 19.6 Å². The molecule has 1 amide bonds. The van der Waals surface area contributed by atoms with E-state index < -0.39 is 6.09 Å². The largest absolute Gasteiger partial charge is 0.465 e. The lowest BCUT2D eigenvalue weighted by atomic mass is 9.98. The summed E-state index contributed by atoms with van der Waals surface area (Å²) in [5, 5.41) is 16.3. The van der Waals surface area contributed by atoms with Crippen molar-refractivity contribution < 1.29 is 14.3 Å². The van der Waals surface area contributed by atoms with Crippen molar-refractivity contribution in [1.29, 1.82) is 0 Å². The fraction of sp³-hybridized carbons (Fsp3) is 0.160. The van der Waals surface area contributed by atoms with Crippen molar-refractivity contribution in [2.24, 2.45) is 0 Å². The van der Waals surface area contributed by atoms with Gasteiger partial charge >= 0.3 is 6.09 Å². The number of carbonyl (C=O) groups is 1. The number of anilines is 1. The van der Waals surface area contributed by atoms with Crippen LogP contribution in [-0.4, -0.2) is 37.4 Å². The molecule has 2 N–H and O–H groups in total. The Balaban J connectivity index is 1.58. The predicted molar refractivity (Wildman–Crippen MR) is 123 cm³/mol. The number of hydrogen-bond acceptors (Lipinski definition) is 4. The quantitative estimate of drug-likeness (QED) is 0.460. The number of aromatic nitrogens is 3.